The lowest BCUT2D eigenvalue weighted by Gasteiger charge is -2.16. The quantitative estimate of drug-likeness (QED) is 0.345. The monoisotopic (exact) mass is 413 g/mol. The van der Waals surface area contributed by atoms with Crippen molar-refractivity contribution in [2.75, 3.05) is 17.7 Å². The van der Waals surface area contributed by atoms with Crippen molar-refractivity contribution in [1.29, 1.82) is 0 Å². The number of hydrogen-bond donors (Lipinski definition) is 1. The van der Waals surface area contributed by atoms with Gasteiger partial charge in [0.1, 0.15) is 0 Å². The molecule has 0 saturated heterocycles. The SMILES string of the molecule is CN(C(=O)CSc1n[nH]c(=O)n1CCc1ccccc1)c1ccc([N+](=O)[O-])cc1. The summed E-state index contributed by atoms with van der Waals surface area (Å²) >= 11 is 1.16. The van der Waals surface area contributed by atoms with E-state index in [1.54, 1.807) is 7.05 Å². The summed E-state index contributed by atoms with van der Waals surface area (Å²) in [6, 6.07) is 15.5. The molecular weight excluding hydrogens is 394 g/mol. The lowest BCUT2D eigenvalue weighted by molar-refractivity contribution is -0.384. The maximum Gasteiger partial charge on any atom is 0.343 e. The molecule has 0 aliphatic carbocycles. The Morgan fingerprint density at radius 2 is 1.90 bits per heavy atom. The average molecular weight is 413 g/mol. The molecule has 0 atom stereocenters. The van der Waals surface area contributed by atoms with E-state index in [1.165, 1.54) is 33.7 Å². The summed E-state index contributed by atoms with van der Waals surface area (Å²) in [6.45, 7) is 0.452. The molecule has 0 saturated carbocycles. The Labute approximate surface area is 170 Å². The van der Waals surface area contributed by atoms with E-state index in [-0.39, 0.29) is 23.0 Å². The fraction of sp³-hybridized carbons (Fsp3) is 0.211. The Morgan fingerprint density at radius 1 is 1.21 bits per heavy atom. The Kier molecular flexibility index (Phi) is 6.45. The van der Waals surface area contributed by atoms with Gasteiger partial charge in [0, 0.05) is 31.4 Å². The number of aromatic nitrogens is 3. The molecule has 9 nitrogen and oxygen atoms in total. The second-order valence-electron chi connectivity index (χ2n) is 6.21. The molecule has 2 aromatic carbocycles. The minimum atomic E-state index is -0.492. The number of nitro groups is 1. The summed E-state index contributed by atoms with van der Waals surface area (Å²) in [5.41, 5.74) is 1.29. The number of carbonyl (C=O) groups is 1. The molecule has 1 heterocycles. The first-order chi connectivity index (χ1) is 14.0. The van der Waals surface area contributed by atoms with Gasteiger partial charge >= 0.3 is 5.69 Å². The third kappa shape index (κ3) is 5.11. The molecule has 3 aromatic rings. The van der Waals surface area contributed by atoms with Crippen LogP contribution >= 0.6 is 11.8 Å². The van der Waals surface area contributed by atoms with Gasteiger partial charge in [-0.1, -0.05) is 42.1 Å². The summed E-state index contributed by atoms with van der Waals surface area (Å²) in [5, 5.41) is 17.6. The van der Waals surface area contributed by atoms with Crippen molar-refractivity contribution in [3.63, 3.8) is 0 Å². The smallest absolute Gasteiger partial charge is 0.315 e. The molecule has 3 rings (SSSR count). The molecule has 0 unspecified atom stereocenters. The number of rotatable bonds is 8. The molecule has 1 N–H and O–H groups in total. The topological polar surface area (TPSA) is 114 Å². The zero-order chi connectivity index (χ0) is 20.8. The van der Waals surface area contributed by atoms with Crippen LogP contribution in [0.4, 0.5) is 11.4 Å². The number of thioether (sulfide) groups is 1. The van der Waals surface area contributed by atoms with Crippen LogP contribution in [0.1, 0.15) is 5.56 Å². The zero-order valence-corrected chi connectivity index (χ0v) is 16.5. The molecule has 0 bridgehead atoms. The lowest BCUT2D eigenvalue weighted by atomic mass is 10.1. The molecule has 1 amide bonds. The van der Waals surface area contributed by atoms with E-state index >= 15 is 0 Å². The average Bonchev–Trinajstić information content (AvgIpc) is 3.10. The van der Waals surface area contributed by atoms with Crippen molar-refractivity contribution in [3.05, 3.63) is 80.8 Å². The number of benzene rings is 2. The second-order valence-corrected chi connectivity index (χ2v) is 7.16. The maximum absolute atomic E-state index is 12.5. The summed E-state index contributed by atoms with van der Waals surface area (Å²) < 4.78 is 1.51. The standard InChI is InChI=1S/C19H19N5O4S/c1-22(15-7-9-16(10-8-15)24(27)28)17(25)13-29-19-21-20-18(26)23(19)12-11-14-5-3-2-4-6-14/h2-10H,11-13H2,1H3,(H,20,26). The van der Waals surface area contributed by atoms with Crippen LogP contribution < -0.4 is 10.6 Å². The van der Waals surface area contributed by atoms with E-state index in [1.807, 2.05) is 30.3 Å². The van der Waals surface area contributed by atoms with Crippen molar-refractivity contribution in [2.45, 2.75) is 18.1 Å². The number of hydrogen-bond acceptors (Lipinski definition) is 6. The number of non-ortho nitro benzene ring substituents is 1. The Hall–Kier alpha value is -3.40. The molecule has 10 heteroatoms. The Morgan fingerprint density at radius 3 is 2.55 bits per heavy atom. The number of aromatic amines is 1. The van der Waals surface area contributed by atoms with Crippen molar-refractivity contribution < 1.29 is 9.72 Å². The molecule has 29 heavy (non-hydrogen) atoms. The van der Waals surface area contributed by atoms with Gasteiger partial charge in [0.15, 0.2) is 5.16 Å². The van der Waals surface area contributed by atoms with E-state index in [0.717, 1.165) is 17.3 Å². The van der Waals surface area contributed by atoms with Crippen LogP contribution in [-0.2, 0) is 17.8 Å². The number of aryl methyl sites for hydroxylation is 1. The molecule has 0 radical (unpaired) electrons. The van der Waals surface area contributed by atoms with Gasteiger partial charge in [0.25, 0.3) is 5.69 Å². The molecular formula is C19H19N5O4S. The van der Waals surface area contributed by atoms with E-state index in [4.69, 9.17) is 0 Å². The van der Waals surface area contributed by atoms with Crippen LogP contribution in [0.2, 0.25) is 0 Å². The van der Waals surface area contributed by atoms with Crippen LogP contribution in [-0.4, -0.2) is 38.4 Å². The van der Waals surface area contributed by atoms with Crippen LogP contribution in [0.3, 0.4) is 0 Å². The summed E-state index contributed by atoms with van der Waals surface area (Å²) in [5.74, 6) is -0.141. The number of nitrogens with one attached hydrogen (secondary N) is 1. The fourth-order valence-electron chi connectivity index (χ4n) is 2.66. The number of nitro benzene ring substituents is 1. The van der Waals surface area contributed by atoms with Gasteiger partial charge in [-0.05, 0) is 24.1 Å². The molecule has 0 spiro atoms. The first-order valence-corrected chi connectivity index (χ1v) is 9.77. The lowest BCUT2D eigenvalue weighted by Crippen LogP contribution is -2.28. The van der Waals surface area contributed by atoms with E-state index in [0.29, 0.717) is 23.8 Å². The van der Waals surface area contributed by atoms with E-state index < -0.39 is 4.92 Å². The Bertz CT molecular complexity index is 1050. The van der Waals surface area contributed by atoms with Gasteiger partial charge in [-0.2, -0.15) is 0 Å². The Balaban J connectivity index is 1.61. The molecule has 150 valence electrons. The van der Waals surface area contributed by atoms with Crippen molar-refractivity contribution in [3.8, 4) is 0 Å². The summed E-state index contributed by atoms with van der Waals surface area (Å²) in [6.07, 6.45) is 0.671. The van der Waals surface area contributed by atoms with E-state index in [9.17, 15) is 19.7 Å². The van der Waals surface area contributed by atoms with Crippen LogP contribution in [0.15, 0.2) is 64.5 Å². The van der Waals surface area contributed by atoms with Crippen molar-refractivity contribution in [1.82, 2.24) is 14.8 Å². The normalized spacial score (nSPS) is 10.7. The van der Waals surface area contributed by atoms with Crippen molar-refractivity contribution in [2.24, 2.45) is 0 Å². The summed E-state index contributed by atoms with van der Waals surface area (Å²) in [7, 11) is 1.59. The van der Waals surface area contributed by atoms with Gasteiger partial charge in [-0.3, -0.25) is 19.5 Å². The van der Waals surface area contributed by atoms with Crippen LogP contribution in [0.25, 0.3) is 0 Å². The van der Waals surface area contributed by atoms with Crippen molar-refractivity contribution >= 4 is 29.0 Å². The molecule has 0 aliphatic heterocycles. The highest BCUT2D eigenvalue weighted by molar-refractivity contribution is 7.99. The highest BCUT2D eigenvalue weighted by Crippen LogP contribution is 2.20. The van der Waals surface area contributed by atoms with Gasteiger partial charge in [0.05, 0.1) is 10.7 Å². The number of nitrogens with zero attached hydrogens (tertiary/aromatic N) is 4. The maximum atomic E-state index is 12.5. The van der Waals surface area contributed by atoms with Crippen LogP contribution in [0.5, 0.6) is 0 Å². The number of anilines is 1. The van der Waals surface area contributed by atoms with Gasteiger partial charge in [-0.25, -0.2) is 9.89 Å². The third-order valence-electron chi connectivity index (χ3n) is 4.34. The van der Waals surface area contributed by atoms with Gasteiger partial charge < -0.3 is 4.90 Å². The second kappa shape index (κ2) is 9.20. The first kappa shape index (κ1) is 20.3. The van der Waals surface area contributed by atoms with Gasteiger partial charge in [-0.15, -0.1) is 5.10 Å². The fourth-order valence-corrected chi connectivity index (χ4v) is 3.55. The van der Waals surface area contributed by atoms with Crippen LogP contribution in [0, 0.1) is 10.1 Å². The third-order valence-corrected chi connectivity index (χ3v) is 5.30. The predicted octanol–water partition coefficient (Wildman–Crippen LogP) is 2.48. The number of carbonyl (C=O) groups excluding carboxylic acids is 1. The number of amides is 1. The minimum absolute atomic E-state index is 0.0390. The largest absolute Gasteiger partial charge is 0.343 e. The molecule has 0 aliphatic rings. The predicted molar refractivity (Wildman–Crippen MR) is 110 cm³/mol. The number of H-pyrrole nitrogens is 1. The van der Waals surface area contributed by atoms with Gasteiger partial charge in [0.2, 0.25) is 5.91 Å². The highest BCUT2D eigenvalue weighted by atomic mass is 32.2. The molecule has 1 aromatic heterocycles. The zero-order valence-electron chi connectivity index (χ0n) is 15.6. The van der Waals surface area contributed by atoms with E-state index in [2.05, 4.69) is 10.2 Å². The minimum Gasteiger partial charge on any atom is -0.315 e. The highest BCUT2D eigenvalue weighted by Gasteiger charge is 2.16. The first-order valence-electron chi connectivity index (χ1n) is 8.78. The summed E-state index contributed by atoms with van der Waals surface area (Å²) in [4.78, 5) is 36.2. The molecule has 0 fully saturated rings.